The van der Waals surface area contributed by atoms with Crippen LogP contribution in [0, 0.1) is 0 Å². The van der Waals surface area contributed by atoms with Crippen LogP contribution in [0.3, 0.4) is 0 Å². The Labute approximate surface area is 121 Å². The first-order valence-corrected chi connectivity index (χ1v) is 6.80. The lowest BCUT2D eigenvalue weighted by Crippen LogP contribution is -2.00. The van der Waals surface area contributed by atoms with Crippen molar-refractivity contribution in [1.82, 2.24) is 0 Å². The summed E-state index contributed by atoms with van der Waals surface area (Å²) in [6.07, 6.45) is 9.52. The molecule has 4 nitrogen and oxygen atoms in total. The molecule has 114 valence electrons. The van der Waals surface area contributed by atoms with E-state index in [1.54, 1.807) is 0 Å². The van der Waals surface area contributed by atoms with Gasteiger partial charge in [-0.15, -0.1) is 0 Å². The van der Waals surface area contributed by atoms with Crippen molar-refractivity contribution in [3.8, 4) is 0 Å². The summed E-state index contributed by atoms with van der Waals surface area (Å²) in [5.74, 6) is -1.21. The van der Waals surface area contributed by atoms with Crippen LogP contribution in [-0.2, 0) is 14.3 Å². The van der Waals surface area contributed by atoms with E-state index in [0.717, 1.165) is 25.7 Å². The Kier molecular flexibility index (Phi) is 15.6. The second-order valence-electron chi connectivity index (χ2n) is 4.10. The van der Waals surface area contributed by atoms with Crippen LogP contribution in [0.25, 0.3) is 0 Å². The molecule has 1 N–H and O–H groups in total. The second-order valence-corrected chi connectivity index (χ2v) is 4.10. The van der Waals surface area contributed by atoms with Crippen molar-refractivity contribution in [3.05, 3.63) is 37.0 Å². The summed E-state index contributed by atoms with van der Waals surface area (Å²) in [6, 6.07) is 0. The van der Waals surface area contributed by atoms with Gasteiger partial charge in [0.05, 0.1) is 6.61 Å². The first-order valence-electron chi connectivity index (χ1n) is 6.80. The molecule has 0 fully saturated rings. The Morgan fingerprint density at radius 1 is 1.30 bits per heavy atom. The molecule has 0 aromatic carbocycles. The highest BCUT2D eigenvalue weighted by molar-refractivity contribution is 5.85. The van der Waals surface area contributed by atoms with Gasteiger partial charge in [0.2, 0.25) is 0 Å². The van der Waals surface area contributed by atoms with Gasteiger partial charge in [0.1, 0.15) is 0 Å². The number of carbonyl (C=O) groups excluding carboxylic acids is 1. The van der Waals surface area contributed by atoms with Crippen molar-refractivity contribution in [1.29, 1.82) is 0 Å². The van der Waals surface area contributed by atoms with Gasteiger partial charge in [0, 0.05) is 11.6 Å². The molecule has 0 amide bonds. The van der Waals surface area contributed by atoms with Crippen molar-refractivity contribution in [2.75, 3.05) is 6.61 Å². The normalized spacial score (nSPS) is 9.50. The highest BCUT2D eigenvalue weighted by Gasteiger charge is 2.01. The number of hydrogen-bond acceptors (Lipinski definition) is 3. The summed E-state index contributed by atoms with van der Waals surface area (Å²) in [5, 5.41) is 8.42. The van der Waals surface area contributed by atoms with Gasteiger partial charge in [-0.3, -0.25) is 0 Å². The molecular weight excluding hydrogens is 256 g/mol. The van der Waals surface area contributed by atoms with E-state index < -0.39 is 5.97 Å². The number of unbranched alkanes of at least 4 members (excludes halogenated alkanes) is 2. The van der Waals surface area contributed by atoms with E-state index in [1.165, 1.54) is 6.08 Å². The Hall–Kier alpha value is -1.84. The van der Waals surface area contributed by atoms with E-state index in [0.29, 0.717) is 18.6 Å². The zero-order valence-corrected chi connectivity index (χ0v) is 12.6. The lowest BCUT2D eigenvalue weighted by atomic mass is 10.1. The Bertz CT molecular complexity index is 329. The summed E-state index contributed by atoms with van der Waals surface area (Å²) >= 11 is 0. The van der Waals surface area contributed by atoms with Crippen LogP contribution in [-0.4, -0.2) is 23.7 Å². The third-order valence-corrected chi connectivity index (χ3v) is 2.30. The van der Waals surface area contributed by atoms with Crippen LogP contribution in [0.2, 0.25) is 0 Å². The molecule has 20 heavy (non-hydrogen) atoms. The van der Waals surface area contributed by atoms with Gasteiger partial charge >= 0.3 is 11.9 Å². The van der Waals surface area contributed by atoms with Crippen LogP contribution in [0.4, 0.5) is 0 Å². The molecule has 0 aromatic rings. The summed E-state index contributed by atoms with van der Waals surface area (Å²) in [4.78, 5) is 20.6. The standard InChI is InChI=1S/C9H14O2.C7H12O2/c1-3-4-5-6-7-8(2)9(10)11;1-3-5-6-9-7(8)4-2/h3-4H,2,5-7H2,1H3,(H,10,11);4H,2-3,5-6H2,1H3. The molecule has 0 atom stereocenters. The largest absolute Gasteiger partial charge is 0.478 e. The fourth-order valence-electron chi connectivity index (χ4n) is 1.08. The van der Waals surface area contributed by atoms with E-state index in [4.69, 9.17) is 5.11 Å². The van der Waals surface area contributed by atoms with Gasteiger partial charge in [0.25, 0.3) is 0 Å². The topological polar surface area (TPSA) is 63.6 Å². The Morgan fingerprint density at radius 2 is 1.95 bits per heavy atom. The number of rotatable bonds is 9. The molecule has 0 heterocycles. The number of carboxylic acids is 1. The molecule has 0 rings (SSSR count). The fraction of sp³-hybridized carbons (Fsp3) is 0.500. The van der Waals surface area contributed by atoms with Crippen molar-refractivity contribution in [2.45, 2.75) is 46.0 Å². The van der Waals surface area contributed by atoms with Crippen molar-refractivity contribution in [3.63, 3.8) is 0 Å². The van der Waals surface area contributed by atoms with Gasteiger partial charge in [-0.2, -0.15) is 0 Å². The van der Waals surface area contributed by atoms with Gasteiger partial charge in [0.15, 0.2) is 0 Å². The summed E-state index contributed by atoms with van der Waals surface area (Å²) in [5.41, 5.74) is 0.300. The highest BCUT2D eigenvalue weighted by Crippen LogP contribution is 2.05. The quantitative estimate of drug-likeness (QED) is 0.301. The van der Waals surface area contributed by atoms with E-state index in [9.17, 15) is 9.59 Å². The fourth-order valence-corrected chi connectivity index (χ4v) is 1.08. The number of hydrogen-bond donors (Lipinski definition) is 1. The molecule has 0 aliphatic carbocycles. The average molecular weight is 282 g/mol. The van der Waals surface area contributed by atoms with E-state index >= 15 is 0 Å². The maximum atomic E-state index is 10.3. The molecule has 4 heteroatoms. The summed E-state index contributed by atoms with van der Waals surface area (Å²) in [7, 11) is 0. The molecule has 0 saturated carbocycles. The number of carbonyl (C=O) groups is 2. The SMILES string of the molecule is C=C(CCCC=CC)C(=O)O.C=CC(=O)OCCCC. The second kappa shape index (κ2) is 15.2. The molecule has 0 aliphatic rings. The van der Waals surface area contributed by atoms with Crippen LogP contribution in [0.5, 0.6) is 0 Å². The number of ether oxygens (including phenoxy) is 1. The number of esters is 1. The Balaban J connectivity index is 0. The monoisotopic (exact) mass is 282 g/mol. The maximum Gasteiger partial charge on any atom is 0.330 e. The third-order valence-electron chi connectivity index (χ3n) is 2.30. The summed E-state index contributed by atoms with van der Waals surface area (Å²) < 4.78 is 4.67. The molecule has 0 saturated heterocycles. The molecule has 0 aromatic heterocycles. The highest BCUT2D eigenvalue weighted by atomic mass is 16.5. The van der Waals surface area contributed by atoms with E-state index in [2.05, 4.69) is 17.9 Å². The average Bonchev–Trinajstić information content (AvgIpc) is 2.44. The van der Waals surface area contributed by atoms with Gasteiger partial charge in [-0.1, -0.05) is 38.7 Å². The summed E-state index contributed by atoms with van der Waals surface area (Å²) in [6.45, 7) is 11.2. The lowest BCUT2D eigenvalue weighted by Gasteiger charge is -1.97. The first-order chi connectivity index (χ1) is 9.49. The lowest BCUT2D eigenvalue weighted by molar-refractivity contribution is -0.138. The smallest absolute Gasteiger partial charge is 0.330 e. The predicted octanol–water partition coefficient (Wildman–Crippen LogP) is 3.89. The van der Waals surface area contributed by atoms with E-state index in [-0.39, 0.29) is 5.97 Å². The minimum Gasteiger partial charge on any atom is -0.478 e. The zero-order valence-electron chi connectivity index (χ0n) is 12.6. The minimum atomic E-state index is -0.884. The first kappa shape index (κ1) is 20.5. The maximum absolute atomic E-state index is 10.3. The van der Waals surface area contributed by atoms with Crippen molar-refractivity contribution >= 4 is 11.9 Å². The third kappa shape index (κ3) is 16.2. The molecule has 0 radical (unpaired) electrons. The molecule has 0 bridgehead atoms. The Morgan fingerprint density at radius 3 is 2.40 bits per heavy atom. The van der Waals surface area contributed by atoms with Gasteiger partial charge in [-0.25, -0.2) is 9.59 Å². The van der Waals surface area contributed by atoms with Crippen LogP contribution in [0.15, 0.2) is 37.0 Å². The number of aliphatic carboxylic acids is 1. The van der Waals surface area contributed by atoms with Gasteiger partial charge in [-0.05, 0) is 32.6 Å². The van der Waals surface area contributed by atoms with Crippen LogP contribution in [0.1, 0.15) is 46.0 Å². The van der Waals surface area contributed by atoms with Crippen LogP contribution >= 0.6 is 0 Å². The van der Waals surface area contributed by atoms with Gasteiger partial charge < -0.3 is 9.84 Å². The molecule has 0 aliphatic heterocycles. The number of allylic oxidation sites excluding steroid dienone is 2. The van der Waals surface area contributed by atoms with Crippen molar-refractivity contribution < 1.29 is 19.4 Å². The van der Waals surface area contributed by atoms with Crippen molar-refractivity contribution in [2.24, 2.45) is 0 Å². The van der Waals surface area contributed by atoms with E-state index in [1.807, 2.05) is 26.0 Å². The number of carboxylic acid groups (broad SMARTS) is 1. The minimum absolute atomic E-state index is 0.300. The van der Waals surface area contributed by atoms with Crippen LogP contribution < -0.4 is 0 Å². The molecule has 0 spiro atoms. The molecule has 0 unspecified atom stereocenters. The predicted molar refractivity (Wildman–Crippen MR) is 81.5 cm³/mol. The molecular formula is C16H26O4. The zero-order chi connectivity index (χ0) is 15.8.